The average Bonchev–Trinajstić information content (AvgIpc) is 2.85. The summed E-state index contributed by atoms with van der Waals surface area (Å²) in [6.45, 7) is 0. The second kappa shape index (κ2) is 5.02. The Morgan fingerprint density at radius 3 is 2.75 bits per heavy atom. The maximum Gasteiger partial charge on any atom is 0.233 e. The number of hydrogen-bond donors (Lipinski definition) is 2. The van der Waals surface area contributed by atoms with Crippen molar-refractivity contribution in [1.82, 2.24) is 15.6 Å². The Balaban J connectivity index is 2.27. The fraction of sp³-hybridized carbons (Fsp3) is 0.200. The molecular formula is C10H12N4OS. The molecule has 84 valence electrons. The van der Waals surface area contributed by atoms with E-state index in [-0.39, 0.29) is 6.04 Å². The number of methoxy groups -OCH3 is 1. The molecule has 0 aliphatic carbocycles. The van der Waals surface area contributed by atoms with Crippen molar-refractivity contribution >= 4 is 11.3 Å². The number of nitrogens with zero attached hydrogens (tertiary/aromatic N) is 2. The van der Waals surface area contributed by atoms with E-state index in [0.717, 1.165) is 10.6 Å². The molecule has 0 spiro atoms. The Morgan fingerprint density at radius 1 is 1.38 bits per heavy atom. The van der Waals surface area contributed by atoms with Gasteiger partial charge in [0.15, 0.2) is 0 Å². The van der Waals surface area contributed by atoms with Crippen LogP contribution >= 0.6 is 11.3 Å². The number of hydrogen-bond acceptors (Lipinski definition) is 6. The summed E-state index contributed by atoms with van der Waals surface area (Å²) in [5.74, 6) is 6.02. The maximum atomic E-state index is 5.52. The molecule has 1 unspecified atom stereocenters. The molecule has 0 amide bonds. The SMILES string of the molecule is COc1ccc(C(NN)c2cccs2)nn1. The zero-order valence-electron chi connectivity index (χ0n) is 8.75. The third-order valence-electron chi connectivity index (χ3n) is 2.16. The van der Waals surface area contributed by atoms with Gasteiger partial charge in [-0.15, -0.1) is 21.5 Å². The van der Waals surface area contributed by atoms with Crippen molar-refractivity contribution in [2.45, 2.75) is 6.04 Å². The lowest BCUT2D eigenvalue weighted by Crippen LogP contribution is -2.29. The summed E-state index contributed by atoms with van der Waals surface area (Å²) >= 11 is 1.62. The number of thiophene rings is 1. The maximum absolute atomic E-state index is 5.52. The van der Waals surface area contributed by atoms with Gasteiger partial charge in [0.1, 0.15) is 0 Å². The third kappa shape index (κ3) is 2.19. The van der Waals surface area contributed by atoms with Crippen LogP contribution in [0.15, 0.2) is 29.6 Å². The summed E-state index contributed by atoms with van der Waals surface area (Å²) in [5, 5.41) is 9.98. The molecule has 0 bridgehead atoms. The van der Waals surface area contributed by atoms with E-state index in [4.69, 9.17) is 10.6 Å². The quantitative estimate of drug-likeness (QED) is 0.614. The summed E-state index contributed by atoms with van der Waals surface area (Å²) in [7, 11) is 1.56. The van der Waals surface area contributed by atoms with Gasteiger partial charge >= 0.3 is 0 Å². The van der Waals surface area contributed by atoms with E-state index in [1.807, 2.05) is 23.6 Å². The molecule has 2 rings (SSSR count). The van der Waals surface area contributed by atoms with Gasteiger partial charge in [-0.25, -0.2) is 5.43 Å². The minimum absolute atomic E-state index is 0.126. The summed E-state index contributed by atoms with van der Waals surface area (Å²) in [5.41, 5.74) is 3.49. The van der Waals surface area contributed by atoms with Gasteiger partial charge in [0, 0.05) is 10.9 Å². The van der Waals surface area contributed by atoms with Crippen molar-refractivity contribution < 1.29 is 4.74 Å². The highest BCUT2D eigenvalue weighted by atomic mass is 32.1. The first-order valence-corrected chi connectivity index (χ1v) is 5.60. The predicted molar refractivity (Wildman–Crippen MR) is 62.1 cm³/mol. The Kier molecular flexibility index (Phi) is 3.45. The van der Waals surface area contributed by atoms with E-state index >= 15 is 0 Å². The second-order valence-electron chi connectivity index (χ2n) is 3.12. The first kappa shape index (κ1) is 11.0. The van der Waals surface area contributed by atoms with Gasteiger partial charge in [-0.05, 0) is 17.5 Å². The number of hydrazine groups is 1. The highest BCUT2D eigenvalue weighted by Gasteiger charge is 2.15. The second-order valence-corrected chi connectivity index (χ2v) is 4.09. The van der Waals surface area contributed by atoms with Crippen LogP contribution < -0.4 is 16.0 Å². The van der Waals surface area contributed by atoms with Crippen LogP contribution in [-0.4, -0.2) is 17.3 Å². The van der Waals surface area contributed by atoms with Crippen LogP contribution in [-0.2, 0) is 0 Å². The van der Waals surface area contributed by atoms with E-state index in [1.165, 1.54) is 0 Å². The number of ether oxygens (including phenoxy) is 1. The molecule has 0 aliphatic rings. The zero-order chi connectivity index (χ0) is 11.4. The Labute approximate surface area is 97.2 Å². The molecule has 16 heavy (non-hydrogen) atoms. The van der Waals surface area contributed by atoms with Crippen LogP contribution in [0.3, 0.4) is 0 Å². The van der Waals surface area contributed by atoms with Crippen molar-refractivity contribution in [1.29, 1.82) is 0 Å². The smallest absolute Gasteiger partial charge is 0.233 e. The van der Waals surface area contributed by atoms with Crippen molar-refractivity contribution in [2.24, 2.45) is 5.84 Å². The minimum atomic E-state index is -0.126. The van der Waals surface area contributed by atoms with E-state index < -0.39 is 0 Å². The van der Waals surface area contributed by atoms with E-state index in [2.05, 4.69) is 15.6 Å². The predicted octanol–water partition coefficient (Wildman–Crippen LogP) is 1.10. The molecule has 0 saturated heterocycles. The summed E-state index contributed by atoms with van der Waals surface area (Å²) < 4.78 is 4.95. The van der Waals surface area contributed by atoms with Gasteiger partial charge in [0.25, 0.3) is 0 Å². The molecule has 0 radical (unpaired) electrons. The van der Waals surface area contributed by atoms with Crippen LogP contribution in [0.4, 0.5) is 0 Å². The lowest BCUT2D eigenvalue weighted by molar-refractivity contribution is 0.390. The third-order valence-corrected chi connectivity index (χ3v) is 3.10. The van der Waals surface area contributed by atoms with Crippen molar-refractivity contribution in [3.05, 3.63) is 40.2 Å². The number of nitrogens with two attached hydrogens (primary N) is 1. The van der Waals surface area contributed by atoms with Gasteiger partial charge in [0.2, 0.25) is 5.88 Å². The normalized spacial score (nSPS) is 12.4. The minimum Gasteiger partial charge on any atom is -0.480 e. The molecule has 0 saturated carbocycles. The molecule has 2 aromatic heterocycles. The van der Waals surface area contributed by atoms with E-state index in [1.54, 1.807) is 24.5 Å². The number of nitrogens with one attached hydrogen (secondary N) is 1. The molecule has 5 nitrogen and oxygen atoms in total. The highest BCUT2D eigenvalue weighted by molar-refractivity contribution is 7.10. The van der Waals surface area contributed by atoms with Crippen LogP contribution in [0.25, 0.3) is 0 Å². The monoisotopic (exact) mass is 236 g/mol. The molecule has 2 heterocycles. The number of rotatable bonds is 4. The topological polar surface area (TPSA) is 73.1 Å². The van der Waals surface area contributed by atoms with Crippen LogP contribution in [0, 0.1) is 0 Å². The van der Waals surface area contributed by atoms with Crippen molar-refractivity contribution in [3.8, 4) is 5.88 Å². The molecule has 0 aliphatic heterocycles. The first-order chi connectivity index (χ1) is 7.85. The Morgan fingerprint density at radius 2 is 2.25 bits per heavy atom. The average molecular weight is 236 g/mol. The first-order valence-electron chi connectivity index (χ1n) is 4.72. The Hall–Kier alpha value is -1.50. The fourth-order valence-corrected chi connectivity index (χ4v) is 2.16. The molecular weight excluding hydrogens is 224 g/mol. The zero-order valence-corrected chi connectivity index (χ0v) is 9.57. The highest BCUT2D eigenvalue weighted by Crippen LogP contribution is 2.23. The largest absolute Gasteiger partial charge is 0.480 e. The van der Waals surface area contributed by atoms with Crippen LogP contribution in [0.1, 0.15) is 16.6 Å². The van der Waals surface area contributed by atoms with Gasteiger partial charge in [-0.1, -0.05) is 6.07 Å². The standard InChI is InChI=1S/C10H12N4OS/c1-15-9-5-4-7(13-14-9)10(12-11)8-3-2-6-16-8/h2-6,10,12H,11H2,1H3. The lowest BCUT2D eigenvalue weighted by Gasteiger charge is -2.12. The molecule has 0 fully saturated rings. The van der Waals surface area contributed by atoms with Gasteiger partial charge < -0.3 is 4.74 Å². The molecule has 6 heteroatoms. The fourth-order valence-electron chi connectivity index (χ4n) is 1.36. The van der Waals surface area contributed by atoms with Crippen molar-refractivity contribution in [3.63, 3.8) is 0 Å². The summed E-state index contributed by atoms with van der Waals surface area (Å²) in [4.78, 5) is 1.10. The van der Waals surface area contributed by atoms with Gasteiger partial charge in [-0.3, -0.25) is 5.84 Å². The number of aromatic nitrogens is 2. The lowest BCUT2D eigenvalue weighted by atomic mass is 10.2. The Bertz CT molecular complexity index is 429. The van der Waals surface area contributed by atoms with Crippen molar-refractivity contribution in [2.75, 3.05) is 7.11 Å². The van der Waals surface area contributed by atoms with Gasteiger partial charge in [0.05, 0.1) is 18.8 Å². The summed E-state index contributed by atoms with van der Waals surface area (Å²) in [6, 6.07) is 7.46. The molecule has 3 N–H and O–H groups in total. The van der Waals surface area contributed by atoms with Crippen LogP contribution in [0.2, 0.25) is 0 Å². The summed E-state index contributed by atoms with van der Waals surface area (Å²) in [6.07, 6.45) is 0. The van der Waals surface area contributed by atoms with Gasteiger partial charge in [-0.2, -0.15) is 0 Å². The van der Waals surface area contributed by atoms with E-state index in [9.17, 15) is 0 Å². The van der Waals surface area contributed by atoms with Crippen LogP contribution in [0.5, 0.6) is 5.88 Å². The molecule has 0 aromatic carbocycles. The molecule has 1 atom stereocenters. The molecule has 2 aromatic rings. The van der Waals surface area contributed by atoms with E-state index in [0.29, 0.717) is 5.88 Å².